The molecule has 0 saturated carbocycles. The summed E-state index contributed by atoms with van der Waals surface area (Å²) in [5, 5.41) is 11.4. The van der Waals surface area contributed by atoms with Crippen molar-refractivity contribution in [3.05, 3.63) is 35.4 Å². The molecular weight excluding hydrogens is 240 g/mol. The summed E-state index contributed by atoms with van der Waals surface area (Å²) in [6.45, 7) is 3.40. The summed E-state index contributed by atoms with van der Waals surface area (Å²) >= 11 is 0. The highest BCUT2D eigenvalue weighted by atomic mass is 19.1. The molecule has 2 N–H and O–H groups in total. The van der Waals surface area contributed by atoms with E-state index in [2.05, 4.69) is 5.32 Å². The zero-order chi connectivity index (χ0) is 13.8. The molecule has 3 nitrogen and oxygen atoms in total. The van der Waals surface area contributed by atoms with Crippen LogP contribution in [0.5, 0.6) is 0 Å². The van der Waals surface area contributed by atoms with Crippen molar-refractivity contribution in [1.82, 2.24) is 5.32 Å². The minimum absolute atomic E-state index is 0.0681. The second kappa shape index (κ2) is 5.91. The summed E-state index contributed by atoms with van der Waals surface area (Å²) in [7, 11) is 0. The molecule has 0 spiro atoms. The normalized spacial score (nSPS) is 11.4. The van der Waals surface area contributed by atoms with Crippen molar-refractivity contribution in [2.75, 3.05) is 6.61 Å². The first-order chi connectivity index (χ1) is 8.35. The van der Waals surface area contributed by atoms with E-state index in [4.69, 9.17) is 5.11 Å². The fourth-order valence-corrected chi connectivity index (χ4v) is 1.63. The van der Waals surface area contributed by atoms with Crippen molar-refractivity contribution in [3.63, 3.8) is 0 Å². The quantitative estimate of drug-likeness (QED) is 0.844. The molecule has 0 atom stereocenters. The molecule has 1 aromatic rings. The lowest BCUT2D eigenvalue weighted by atomic mass is 10.0. The van der Waals surface area contributed by atoms with Gasteiger partial charge in [0, 0.05) is 17.7 Å². The summed E-state index contributed by atoms with van der Waals surface area (Å²) in [6.07, 6.45) is 0.0197. The molecule has 0 aromatic heterocycles. The highest BCUT2D eigenvalue weighted by Crippen LogP contribution is 2.14. The van der Waals surface area contributed by atoms with E-state index in [0.717, 1.165) is 12.1 Å². The van der Waals surface area contributed by atoms with Crippen LogP contribution in [0.15, 0.2) is 18.2 Å². The second-order valence-electron chi connectivity index (χ2n) is 4.78. The van der Waals surface area contributed by atoms with Crippen LogP contribution < -0.4 is 5.32 Å². The number of carbonyl (C=O) groups is 1. The Hall–Kier alpha value is -1.49. The number of aliphatic hydroxyl groups is 1. The smallest absolute Gasteiger partial charge is 0.225 e. The van der Waals surface area contributed by atoms with Crippen molar-refractivity contribution in [2.45, 2.75) is 32.2 Å². The van der Waals surface area contributed by atoms with Crippen LogP contribution in [0.1, 0.15) is 25.8 Å². The standard InChI is InChI=1S/C13H17F2NO2/c1-13(2,6-7-17)16-12(18)8-9-10(14)4-3-5-11(9)15/h3-5,17H,6-8H2,1-2H3,(H,16,18). The molecule has 0 aliphatic heterocycles. The predicted molar refractivity (Wildman–Crippen MR) is 64.0 cm³/mol. The number of hydrogen-bond donors (Lipinski definition) is 2. The Kier molecular flexibility index (Phi) is 4.78. The van der Waals surface area contributed by atoms with Gasteiger partial charge in [0.25, 0.3) is 0 Å². The Morgan fingerprint density at radius 2 is 1.89 bits per heavy atom. The van der Waals surface area contributed by atoms with E-state index in [9.17, 15) is 13.6 Å². The van der Waals surface area contributed by atoms with Gasteiger partial charge in [0.05, 0.1) is 6.42 Å². The molecule has 1 aromatic carbocycles. The molecule has 100 valence electrons. The minimum atomic E-state index is -0.731. The molecule has 0 aliphatic rings. The summed E-state index contributed by atoms with van der Waals surface area (Å²) in [4.78, 5) is 11.7. The first-order valence-corrected chi connectivity index (χ1v) is 5.70. The van der Waals surface area contributed by atoms with Crippen LogP contribution in [0.25, 0.3) is 0 Å². The maximum Gasteiger partial charge on any atom is 0.225 e. The van der Waals surface area contributed by atoms with E-state index >= 15 is 0 Å². The van der Waals surface area contributed by atoms with Crippen LogP contribution in [-0.2, 0) is 11.2 Å². The SMILES string of the molecule is CC(C)(CCO)NC(=O)Cc1c(F)cccc1F. The Bertz CT molecular complexity index is 413. The van der Waals surface area contributed by atoms with Crippen LogP contribution in [0.4, 0.5) is 8.78 Å². The molecule has 18 heavy (non-hydrogen) atoms. The number of halogens is 2. The largest absolute Gasteiger partial charge is 0.396 e. The van der Waals surface area contributed by atoms with Gasteiger partial charge in [-0.25, -0.2) is 8.78 Å². The van der Waals surface area contributed by atoms with E-state index < -0.39 is 23.1 Å². The van der Waals surface area contributed by atoms with E-state index in [1.165, 1.54) is 6.07 Å². The molecule has 0 unspecified atom stereocenters. The van der Waals surface area contributed by atoms with Gasteiger partial charge < -0.3 is 10.4 Å². The van der Waals surface area contributed by atoms with Crippen molar-refractivity contribution in [1.29, 1.82) is 0 Å². The van der Waals surface area contributed by atoms with Crippen molar-refractivity contribution >= 4 is 5.91 Å². The Balaban J connectivity index is 2.71. The molecule has 0 fully saturated rings. The fraction of sp³-hybridized carbons (Fsp3) is 0.462. The van der Waals surface area contributed by atoms with Crippen LogP contribution in [0.3, 0.4) is 0 Å². The van der Waals surface area contributed by atoms with E-state index in [0.29, 0.717) is 6.42 Å². The second-order valence-corrected chi connectivity index (χ2v) is 4.78. The fourth-order valence-electron chi connectivity index (χ4n) is 1.63. The van der Waals surface area contributed by atoms with Crippen LogP contribution in [-0.4, -0.2) is 23.2 Å². The Labute approximate surface area is 105 Å². The van der Waals surface area contributed by atoms with Crippen molar-refractivity contribution in [2.24, 2.45) is 0 Å². The summed E-state index contributed by atoms with van der Waals surface area (Å²) < 4.78 is 26.7. The highest BCUT2D eigenvalue weighted by Gasteiger charge is 2.21. The molecule has 1 rings (SSSR count). The monoisotopic (exact) mass is 257 g/mol. The van der Waals surface area contributed by atoms with Gasteiger partial charge in [0.15, 0.2) is 0 Å². The van der Waals surface area contributed by atoms with Crippen molar-refractivity contribution < 1.29 is 18.7 Å². The molecule has 0 saturated heterocycles. The van der Waals surface area contributed by atoms with Gasteiger partial charge in [-0.15, -0.1) is 0 Å². The first kappa shape index (κ1) is 14.6. The first-order valence-electron chi connectivity index (χ1n) is 5.70. The van der Waals surface area contributed by atoms with Crippen LogP contribution in [0, 0.1) is 11.6 Å². The van der Waals surface area contributed by atoms with E-state index in [1.54, 1.807) is 13.8 Å². The lowest BCUT2D eigenvalue weighted by Gasteiger charge is -2.25. The zero-order valence-corrected chi connectivity index (χ0v) is 10.5. The van der Waals surface area contributed by atoms with Crippen LogP contribution in [0.2, 0.25) is 0 Å². The Morgan fingerprint density at radius 1 is 1.33 bits per heavy atom. The van der Waals surface area contributed by atoms with Gasteiger partial charge in [-0.3, -0.25) is 4.79 Å². The van der Waals surface area contributed by atoms with Gasteiger partial charge in [-0.1, -0.05) is 6.07 Å². The summed E-state index contributed by atoms with van der Waals surface area (Å²) in [6, 6.07) is 3.48. The van der Waals surface area contributed by atoms with Crippen LogP contribution >= 0.6 is 0 Å². The Morgan fingerprint density at radius 3 is 2.39 bits per heavy atom. The number of amides is 1. The van der Waals surface area contributed by atoms with Gasteiger partial charge >= 0.3 is 0 Å². The number of rotatable bonds is 5. The minimum Gasteiger partial charge on any atom is -0.396 e. The number of nitrogens with one attached hydrogen (secondary N) is 1. The molecular formula is C13H17F2NO2. The molecule has 0 aliphatic carbocycles. The third-order valence-corrected chi connectivity index (χ3v) is 2.61. The number of aliphatic hydroxyl groups excluding tert-OH is 1. The molecule has 0 radical (unpaired) electrons. The molecule has 0 heterocycles. The summed E-state index contributed by atoms with van der Waals surface area (Å²) in [5.74, 6) is -1.94. The summed E-state index contributed by atoms with van der Waals surface area (Å²) in [5.41, 5.74) is -0.845. The predicted octanol–water partition coefficient (Wildman–Crippen LogP) is 1.78. The van der Waals surface area contributed by atoms with Gasteiger partial charge in [0.1, 0.15) is 11.6 Å². The van der Waals surface area contributed by atoms with Crippen molar-refractivity contribution in [3.8, 4) is 0 Å². The average Bonchev–Trinajstić information content (AvgIpc) is 2.22. The average molecular weight is 257 g/mol. The third kappa shape index (κ3) is 4.07. The molecule has 1 amide bonds. The molecule has 0 bridgehead atoms. The molecule has 5 heteroatoms. The number of carbonyl (C=O) groups excluding carboxylic acids is 1. The number of hydrogen-bond acceptors (Lipinski definition) is 2. The van der Waals surface area contributed by atoms with Gasteiger partial charge in [-0.2, -0.15) is 0 Å². The maximum atomic E-state index is 13.3. The van der Waals surface area contributed by atoms with Gasteiger partial charge in [0.2, 0.25) is 5.91 Å². The van der Waals surface area contributed by atoms with E-state index in [1.807, 2.05) is 0 Å². The number of benzene rings is 1. The lowest BCUT2D eigenvalue weighted by Crippen LogP contribution is -2.44. The van der Waals surface area contributed by atoms with Gasteiger partial charge in [-0.05, 0) is 32.4 Å². The lowest BCUT2D eigenvalue weighted by molar-refractivity contribution is -0.122. The van der Waals surface area contributed by atoms with E-state index in [-0.39, 0.29) is 18.6 Å². The topological polar surface area (TPSA) is 49.3 Å². The third-order valence-electron chi connectivity index (χ3n) is 2.61. The zero-order valence-electron chi connectivity index (χ0n) is 10.5. The maximum absolute atomic E-state index is 13.3. The highest BCUT2D eigenvalue weighted by molar-refractivity contribution is 5.79.